The van der Waals surface area contributed by atoms with E-state index in [2.05, 4.69) is 16.0 Å². The van der Waals surface area contributed by atoms with Crippen molar-refractivity contribution in [3.05, 3.63) is 29.3 Å². The van der Waals surface area contributed by atoms with Gasteiger partial charge in [-0.25, -0.2) is 0 Å². The Labute approximate surface area is 124 Å². The second-order valence-electron chi connectivity index (χ2n) is 5.10. The number of aryl methyl sites for hydroxylation is 2. The van der Waals surface area contributed by atoms with Gasteiger partial charge in [-0.3, -0.25) is 14.9 Å². The summed E-state index contributed by atoms with van der Waals surface area (Å²) in [4.78, 5) is 23.6. The summed E-state index contributed by atoms with van der Waals surface area (Å²) in [6.07, 6.45) is -0.398. The zero-order valence-electron chi connectivity index (χ0n) is 12.5. The number of carbonyl (C=O) groups is 2. The minimum Gasteiger partial charge on any atom is -0.465 e. The number of hydrogen-bond donors (Lipinski definition) is 3. The Morgan fingerprint density at radius 1 is 1.38 bits per heavy atom. The van der Waals surface area contributed by atoms with E-state index in [4.69, 9.17) is 4.74 Å². The van der Waals surface area contributed by atoms with Gasteiger partial charge in [0.15, 0.2) is 6.29 Å². The summed E-state index contributed by atoms with van der Waals surface area (Å²) >= 11 is 0. The van der Waals surface area contributed by atoms with Crippen molar-refractivity contribution in [2.45, 2.75) is 27.1 Å². The molecule has 114 valence electrons. The lowest BCUT2D eigenvalue weighted by Crippen LogP contribution is -2.61. The number of anilines is 1. The SMILES string of the molecule is CCOC(=O)C1CNC(Nc2ccc(C)c(C)c2)NC1=O. The maximum atomic E-state index is 11.9. The van der Waals surface area contributed by atoms with Crippen LogP contribution in [0.25, 0.3) is 0 Å². The van der Waals surface area contributed by atoms with E-state index in [1.807, 2.05) is 32.0 Å². The molecule has 21 heavy (non-hydrogen) atoms. The van der Waals surface area contributed by atoms with E-state index < -0.39 is 18.2 Å². The van der Waals surface area contributed by atoms with Crippen LogP contribution in [-0.2, 0) is 14.3 Å². The number of esters is 1. The normalized spacial score (nSPS) is 21.6. The van der Waals surface area contributed by atoms with E-state index in [0.29, 0.717) is 0 Å². The second kappa shape index (κ2) is 6.58. The average Bonchev–Trinajstić information content (AvgIpc) is 2.43. The molecule has 2 unspecified atom stereocenters. The Morgan fingerprint density at radius 2 is 2.14 bits per heavy atom. The molecule has 1 heterocycles. The van der Waals surface area contributed by atoms with Gasteiger partial charge in [0, 0.05) is 12.2 Å². The fourth-order valence-electron chi connectivity index (χ4n) is 2.14. The molecule has 0 radical (unpaired) electrons. The van der Waals surface area contributed by atoms with Crippen LogP contribution in [0.4, 0.5) is 5.69 Å². The molecule has 1 saturated heterocycles. The van der Waals surface area contributed by atoms with E-state index in [1.54, 1.807) is 6.92 Å². The maximum absolute atomic E-state index is 11.9. The van der Waals surface area contributed by atoms with E-state index >= 15 is 0 Å². The van der Waals surface area contributed by atoms with Crippen LogP contribution in [0, 0.1) is 19.8 Å². The highest BCUT2D eigenvalue weighted by atomic mass is 16.5. The standard InChI is InChI=1S/C15H21N3O3/c1-4-21-14(20)12-8-16-15(18-13(12)19)17-11-6-5-9(2)10(3)7-11/h5-7,12,15-17H,4,8H2,1-3H3,(H,18,19). The number of amides is 1. The van der Waals surface area contributed by atoms with Crippen molar-refractivity contribution in [1.29, 1.82) is 0 Å². The molecule has 0 saturated carbocycles. The lowest BCUT2D eigenvalue weighted by atomic mass is 10.1. The lowest BCUT2D eigenvalue weighted by molar-refractivity contribution is -0.153. The van der Waals surface area contributed by atoms with Crippen molar-refractivity contribution in [2.75, 3.05) is 18.5 Å². The molecule has 0 aliphatic carbocycles. The summed E-state index contributed by atoms with van der Waals surface area (Å²) in [5.74, 6) is -1.61. The van der Waals surface area contributed by atoms with Crippen LogP contribution in [0.15, 0.2) is 18.2 Å². The van der Waals surface area contributed by atoms with Crippen LogP contribution in [0.5, 0.6) is 0 Å². The third-order valence-corrected chi connectivity index (χ3v) is 3.52. The molecule has 1 amide bonds. The molecule has 1 aliphatic rings. The molecular formula is C15H21N3O3. The fourth-order valence-corrected chi connectivity index (χ4v) is 2.14. The summed E-state index contributed by atoms with van der Waals surface area (Å²) in [5.41, 5.74) is 3.29. The second-order valence-corrected chi connectivity index (χ2v) is 5.10. The molecule has 1 aromatic rings. The molecule has 0 spiro atoms. The Kier molecular flexibility index (Phi) is 4.80. The van der Waals surface area contributed by atoms with E-state index in [-0.39, 0.29) is 19.1 Å². The zero-order valence-corrected chi connectivity index (χ0v) is 12.5. The van der Waals surface area contributed by atoms with Crippen molar-refractivity contribution < 1.29 is 14.3 Å². The van der Waals surface area contributed by atoms with Gasteiger partial charge in [-0.05, 0) is 44.0 Å². The van der Waals surface area contributed by atoms with Crippen molar-refractivity contribution in [1.82, 2.24) is 10.6 Å². The highest BCUT2D eigenvalue weighted by molar-refractivity contribution is 5.98. The van der Waals surface area contributed by atoms with Gasteiger partial charge in [0.1, 0.15) is 5.92 Å². The monoisotopic (exact) mass is 291 g/mol. The molecule has 1 aliphatic heterocycles. The third-order valence-electron chi connectivity index (χ3n) is 3.52. The molecule has 1 aromatic carbocycles. The number of benzene rings is 1. The Balaban J connectivity index is 1.94. The van der Waals surface area contributed by atoms with Gasteiger partial charge in [0.25, 0.3) is 0 Å². The summed E-state index contributed by atoms with van der Waals surface area (Å²) < 4.78 is 4.87. The highest BCUT2D eigenvalue weighted by Gasteiger charge is 2.33. The molecular weight excluding hydrogens is 270 g/mol. The first-order valence-corrected chi connectivity index (χ1v) is 7.05. The fraction of sp³-hybridized carbons (Fsp3) is 0.467. The molecule has 6 heteroatoms. The quantitative estimate of drug-likeness (QED) is 0.567. The number of carbonyl (C=O) groups excluding carboxylic acids is 2. The first kappa shape index (κ1) is 15.3. The maximum Gasteiger partial charge on any atom is 0.319 e. The van der Waals surface area contributed by atoms with Gasteiger partial charge >= 0.3 is 5.97 Å². The van der Waals surface area contributed by atoms with Crippen LogP contribution in [-0.4, -0.2) is 31.3 Å². The van der Waals surface area contributed by atoms with Gasteiger partial charge in [-0.2, -0.15) is 0 Å². The van der Waals surface area contributed by atoms with E-state index in [0.717, 1.165) is 5.69 Å². The Hall–Kier alpha value is -2.08. The van der Waals surface area contributed by atoms with Gasteiger partial charge < -0.3 is 15.4 Å². The van der Waals surface area contributed by atoms with Crippen molar-refractivity contribution in [2.24, 2.45) is 5.92 Å². The largest absolute Gasteiger partial charge is 0.465 e. The number of rotatable bonds is 4. The van der Waals surface area contributed by atoms with Crippen LogP contribution in [0.1, 0.15) is 18.1 Å². The van der Waals surface area contributed by atoms with Gasteiger partial charge in [0.05, 0.1) is 6.61 Å². The van der Waals surface area contributed by atoms with Gasteiger partial charge in [-0.1, -0.05) is 6.07 Å². The van der Waals surface area contributed by atoms with Crippen molar-refractivity contribution >= 4 is 17.6 Å². The van der Waals surface area contributed by atoms with E-state index in [9.17, 15) is 9.59 Å². The number of ether oxygens (including phenoxy) is 1. The summed E-state index contributed by atoms with van der Waals surface area (Å²) in [5, 5.41) is 8.98. The van der Waals surface area contributed by atoms with Crippen molar-refractivity contribution in [3.63, 3.8) is 0 Å². The summed E-state index contributed by atoms with van der Waals surface area (Å²) in [7, 11) is 0. The lowest BCUT2D eigenvalue weighted by Gasteiger charge is -2.30. The zero-order chi connectivity index (χ0) is 15.4. The predicted molar refractivity (Wildman–Crippen MR) is 79.6 cm³/mol. The average molecular weight is 291 g/mol. The minimum atomic E-state index is -0.789. The number of hydrogen-bond acceptors (Lipinski definition) is 5. The molecule has 6 nitrogen and oxygen atoms in total. The summed E-state index contributed by atoms with van der Waals surface area (Å²) in [6, 6.07) is 5.98. The van der Waals surface area contributed by atoms with Crippen LogP contribution in [0.3, 0.4) is 0 Å². The molecule has 3 N–H and O–H groups in total. The Morgan fingerprint density at radius 3 is 2.76 bits per heavy atom. The van der Waals surface area contributed by atoms with E-state index in [1.165, 1.54) is 11.1 Å². The summed E-state index contributed by atoms with van der Waals surface area (Å²) in [6.45, 7) is 6.32. The molecule has 2 rings (SSSR count). The molecule has 0 aromatic heterocycles. The molecule has 1 fully saturated rings. The van der Waals surface area contributed by atoms with Gasteiger partial charge in [0.2, 0.25) is 5.91 Å². The molecule has 0 bridgehead atoms. The van der Waals surface area contributed by atoms with Crippen LogP contribution < -0.4 is 16.0 Å². The Bertz CT molecular complexity index is 545. The topological polar surface area (TPSA) is 79.5 Å². The van der Waals surface area contributed by atoms with Crippen LogP contribution in [0.2, 0.25) is 0 Å². The molecule has 2 atom stereocenters. The smallest absolute Gasteiger partial charge is 0.319 e. The van der Waals surface area contributed by atoms with Crippen molar-refractivity contribution in [3.8, 4) is 0 Å². The van der Waals surface area contributed by atoms with Crippen LogP contribution >= 0.6 is 0 Å². The first-order chi connectivity index (χ1) is 10.0. The highest BCUT2D eigenvalue weighted by Crippen LogP contribution is 2.15. The predicted octanol–water partition coefficient (Wildman–Crippen LogP) is 0.898. The minimum absolute atomic E-state index is 0.257. The van der Waals surface area contributed by atoms with Gasteiger partial charge in [-0.15, -0.1) is 0 Å². The third kappa shape index (κ3) is 3.72. The first-order valence-electron chi connectivity index (χ1n) is 7.05. The number of nitrogens with one attached hydrogen (secondary N) is 3.